The predicted octanol–water partition coefficient (Wildman–Crippen LogP) is -0.0395. The molecule has 6 atom stereocenters. The van der Waals surface area contributed by atoms with Crippen LogP contribution in [0.5, 0.6) is 0 Å². The maximum absolute atomic E-state index is 11.0. The standard InChI is InChI=1S/C16H32O7/c1-4-15(23-11(3)19)8-14(21)7-12(16(22)9-17)6-13(20)5-10(2)18/h10,12-18,20-22H,4-9H2,1-3H3. The van der Waals surface area contributed by atoms with Crippen LogP contribution in [0.15, 0.2) is 0 Å². The van der Waals surface area contributed by atoms with E-state index < -0.39 is 49.0 Å². The third-order valence-electron chi connectivity index (χ3n) is 3.82. The van der Waals surface area contributed by atoms with Gasteiger partial charge >= 0.3 is 5.97 Å². The fourth-order valence-corrected chi connectivity index (χ4v) is 2.68. The first-order valence-corrected chi connectivity index (χ1v) is 8.19. The highest BCUT2D eigenvalue weighted by atomic mass is 16.5. The average molecular weight is 336 g/mol. The molecule has 0 saturated carbocycles. The Kier molecular flexibility index (Phi) is 11.4. The van der Waals surface area contributed by atoms with Crippen molar-refractivity contribution in [2.24, 2.45) is 5.92 Å². The lowest BCUT2D eigenvalue weighted by atomic mass is 9.87. The van der Waals surface area contributed by atoms with Gasteiger partial charge in [-0.15, -0.1) is 0 Å². The molecule has 0 amide bonds. The minimum atomic E-state index is -1.07. The van der Waals surface area contributed by atoms with Crippen LogP contribution in [0.4, 0.5) is 0 Å². The molecule has 6 unspecified atom stereocenters. The van der Waals surface area contributed by atoms with Gasteiger partial charge in [0, 0.05) is 13.3 Å². The Morgan fingerprint density at radius 1 is 1.00 bits per heavy atom. The van der Waals surface area contributed by atoms with Crippen LogP contribution >= 0.6 is 0 Å². The van der Waals surface area contributed by atoms with Gasteiger partial charge in [-0.2, -0.15) is 0 Å². The van der Waals surface area contributed by atoms with Crippen LogP contribution in [0, 0.1) is 5.92 Å². The lowest BCUT2D eigenvalue weighted by Gasteiger charge is -2.28. The number of hydrogen-bond donors (Lipinski definition) is 5. The van der Waals surface area contributed by atoms with E-state index in [1.54, 1.807) is 6.92 Å². The molecular weight excluding hydrogens is 304 g/mol. The van der Waals surface area contributed by atoms with Crippen molar-refractivity contribution in [2.45, 2.75) is 83.4 Å². The van der Waals surface area contributed by atoms with Gasteiger partial charge in [-0.1, -0.05) is 6.92 Å². The molecule has 7 nitrogen and oxygen atoms in total. The summed E-state index contributed by atoms with van der Waals surface area (Å²) >= 11 is 0. The minimum Gasteiger partial charge on any atom is -0.462 e. The van der Waals surface area contributed by atoms with Gasteiger partial charge in [0.2, 0.25) is 0 Å². The van der Waals surface area contributed by atoms with Gasteiger partial charge in [0.15, 0.2) is 0 Å². The fraction of sp³-hybridized carbons (Fsp3) is 0.938. The van der Waals surface area contributed by atoms with Crippen LogP contribution in [0.2, 0.25) is 0 Å². The van der Waals surface area contributed by atoms with E-state index in [9.17, 15) is 25.2 Å². The summed E-state index contributed by atoms with van der Waals surface area (Å²) in [6, 6.07) is 0. The van der Waals surface area contributed by atoms with Gasteiger partial charge in [-0.3, -0.25) is 4.79 Å². The van der Waals surface area contributed by atoms with Crippen molar-refractivity contribution in [1.82, 2.24) is 0 Å². The second-order valence-electron chi connectivity index (χ2n) is 6.25. The molecule has 138 valence electrons. The molecule has 0 aliphatic rings. The summed E-state index contributed by atoms with van der Waals surface area (Å²) in [5.41, 5.74) is 0. The highest BCUT2D eigenvalue weighted by Gasteiger charge is 2.27. The number of carbonyl (C=O) groups excluding carboxylic acids is 1. The van der Waals surface area contributed by atoms with E-state index in [4.69, 9.17) is 9.84 Å². The molecule has 0 aliphatic heterocycles. The summed E-state index contributed by atoms with van der Waals surface area (Å²) < 4.78 is 5.08. The quantitative estimate of drug-likeness (QED) is 0.316. The number of carbonyl (C=O) groups is 1. The Morgan fingerprint density at radius 2 is 1.52 bits per heavy atom. The number of ether oxygens (including phenoxy) is 1. The van der Waals surface area contributed by atoms with Crippen LogP contribution < -0.4 is 0 Å². The zero-order valence-electron chi connectivity index (χ0n) is 14.3. The number of rotatable bonds is 12. The number of esters is 1. The van der Waals surface area contributed by atoms with Crippen LogP contribution in [0.1, 0.15) is 52.9 Å². The summed E-state index contributed by atoms with van der Waals surface area (Å²) in [4.78, 5) is 11.0. The van der Waals surface area contributed by atoms with Gasteiger partial charge in [-0.05, 0) is 38.5 Å². The first kappa shape index (κ1) is 22.3. The summed E-state index contributed by atoms with van der Waals surface area (Å²) in [6.07, 6.45) is -2.52. The monoisotopic (exact) mass is 336 g/mol. The van der Waals surface area contributed by atoms with E-state index in [0.29, 0.717) is 6.42 Å². The Bertz CT molecular complexity index is 322. The van der Waals surface area contributed by atoms with E-state index in [-0.39, 0.29) is 25.7 Å². The van der Waals surface area contributed by atoms with E-state index in [0.717, 1.165) is 0 Å². The third kappa shape index (κ3) is 10.6. The van der Waals surface area contributed by atoms with Crippen molar-refractivity contribution in [2.75, 3.05) is 6.61 Å². The molecule has 0 bridgehead atoms. The Labute approximate surface area is 137 Å². The van der Waals surface area contributed by atoms with Crippen molar-refractivity contribution < 1.29 is 35.1 Å². The molecule has 0 fully saturated rings. The molecule has 0 aromatic rings. The molecule has 0 spiro atoms. The summed E-state index contributed by atoms with van der Waals surface area (Å²) in [5, 5.41) is 48.3. The van der Waals surface area contributed by atoms with Gasteiger partial charge in [0.25, 0.3) is 0 Å². The maximum atomic E-state index is 11.0. The summed E-state index contributed by atoms with van der Waals surface area (Å²) in [7, 11) is 0. The van der Waals surface area contributed by atoms with Crippen molar-refractivity contribution in [3.05, 3.63) is 0 Å². The van der Waals surface area contributed by atoms with Crippen molar-refractivity contribution >= 4 is 5.97 Å². The normalized spacial score (nSPS) is 19.5. The molecule has 0 rings (SSSR count). The topological polar surface area (TPSA) is 127 Å². The van der Waals surface area contributed by atoms with Crippen LogP contribution in [-0.4, -0.2) is 68.6 Å². The molecule has 0 aliphatic carbocycles. The summed E-state index contributed by atoms with van der Waals surface area (Å²) in [5.74, 6) is -0.929. The Balaban J connectivity index is 4.59. The van der Waals surface area contributed by atoms with E-state index in [1.165, 1.54) is 6.92 Å². The molecule has 23 heavy (non-hydrogen) atoms. The van der Waals surface area contributed by atoms with Gasteiger partial charge in [0.1, 0.15) is 6.10 Å². The summed E-state index contributed by atoms with van der Waals surface area (Å²) in [6.45, 7) is 4.23. The highest BCUT2D eigenvalue weighted by molar-refractivity contribution is 5.66. The number of aliphatic hydroxyl groups is 5. The zero-order chi connectivity index (χ0) is 18.0. The minimum absolute atomic E-state index is 0.161. The first-order chi connectivity index (χ1) is 10.7. The largest absolute Gasteiger partial charge is 0.462 e. The molecule has 0 aromatic carbocycles. The predicted molar refractivity (Wildman–Crippen MR) is 84.6 cm³/mol. The molecular formula is C16H32O7. The van der Waals surface area contributed by atoms with Gasteiger partial charge in [0.05, 0.1) is 31.0 Å². The van der Waals surface area contributed by atoms with Crippen LogP contribution in [0.3, 0.4) is 0 Å². The third-order valence-corrected chi connectivity index (χ3v) is 3.82. The Hall–Kier alpha value is -0.730. The van der Waals surface area contributed by atoms with E-state index in [1.807, 2.05) is 6.92 Å². The smallest absolute Gasteiger partial charge is 0.302 e. The van der Waals surface area contributed by atoms with Gasteiger partial charge < -0.3 is 30.3 Å². The maximum Gasteiger partial charge on any atom is 0.302 e. The highest BCUT2D eigenvalue weighted by Crippen LogP contribution is 2.23. The van der Waals surface area contributed by atoms with Crippen LogP contribution in [-0.2, 0) is 9.53 Å². The molecule has 0 radical (unpaired) electrons. The second kappa shape index (κ2) is 11.8. The van der Waals surface area contributed by atoms with Crippen molar-refractivity contribution in [3.63, 3.8) is 0 Å². The lowest BCUT2D eigenvalue weighted by molar-refractivity contribution is -0.148. The number of aliphatic hydroxyl groups excluding tert-OH is 5. The lowest BCUT2D eigenvalue weighted by Crippen LogP contribution is -2.33. The van der Waals surface area contributed by atoms with Crippen molar-refractivity contribution in [1.29, 1.82) is 0 Å². The average Bonchev–Trinajstić information content (AvgIpc) is 2.43. The molecule has 0 aromatic heterocycles. The zero-order valence-corrected chi connectivity index (χ0v) is 14.3. The number of hydrogen-bond acceptors (Lipinski definition) is 7. The van der Waals surface area contributed by atoms with E-state index >= 15 is 0 Å². The molecule has 0 heterocycles. The van der Waals surface area contributed by atoms with E-state index in [2.05, 4.69) is 0 Å². The molecule has 7 heteroatoms. The molecule has 0 saturated heterocycles. The second-order valence-corrected chi connectivity index (χ2v) is 6.25. The SMILES string of the molecule is CCC(CC(O)CC(CC(O)CC(C)O)C(O)CO)OC(C)=O. The van der Waals surface area contributed by atoms with Gasteiger partial charge in [-0.25, -0.2) is 0 Å². The first-order valence-electron chi connectivity index (χ1n) is 8.19. The Morgan fingerprint density at radius 3 is 1.91 bits per heavy atom. The van der Waals surface area contributed by atoms with Crippen LogP contribution in [0.25, 0.3) is 0 Å². The fourth-order valence-electron chi connectivity index (χ4n) is 2.68. The van der Waals surface area contributed by atoms with Crippen molar-refractivity contribution in [3.8, 4) is 0 Å². The molecule has 5 N–H and O–H groups in total.